The Hall–Kier alpha value is -1.88. The number of fused-ring (bicyclic) bond motifs is 1. The molecule has 0 amide bonds. The zero-order chi connectivity index (χ0) is 29.4. The summed E-state index contributed by atoms with van der Waals surface area (Å²) in [6.07, 6.45) is 30.0. The topological polar surface area (TPSA) is 35.0 Å². The lowest BCUT2D eigenvalue weighted by Crippen LogP contribution is -2.17. The smallest absolute Gasteiger partial charge is 0.170 e. The van der Waals surface area contributed by atoms with Gasteiger partial charge in [-0.15, -0.1) is 0 Å². The molecule has 2 aliphatic carbocycles. The molecule has 1 aromatic heterocycles. The molecule has 1 fully saturated rings. The number of rotatable bonds is 22. The number of nitrogens with zero attached hydrogens (tertiary/aromatic N) is 2. The second-order valence-electron chi connectivity index (χ2n) is 13.2. The zero-order valence-corrected chi connectivity index (χ0v) is 26.4. The van der Waals surface area contributed by atoms with Crippen LogP contribution in [0, 0.1) is 23.5 Å². The molecule has 1 heterocycles. The van der Waals surface area contributed by atoms with Gasteiger partial charge in [0.2, 0.25) is 0 Å². The van der Waals surface area contributed by atoms with Gasteiger partial charge in [-0.1, -0.05) is 103 Å². The Labute approximate surface area is 254 Å². The van der Waals surface area contributed by atoms with Crippen LogP contribution in [-0.4, -0.2) is 23.2 Å². The van der Waals surface area contributed by atoms with Crippen molar-refractivity contribution in [2.45, 2.75) is 148 Å². The van der Waals surface area contributed by atoms with Crippen LogP contribution in [0.5, 0.6) is 0 Å². The first-order valence-corrected chi connectivity index (χ1v) is 17.5. The van der Waals surface area contributed by atoms with E-state index in [0.717, 1.165) is 81.6 Å². The summed E-state index contributed by atoms with van der Waals surface area (Å²) in [6.45, 7) is 3.92. The highest BCUT2D eigenvalue weighted by Crippen LogP contribution is 2.36. The van der Waals surface area contributed by atoms with Crippen molar-refractivity contribution in [2.75, 3.05) is 13.2 Å². The van der Waals surface area contributed by atoms with Crippen LogP contribution >= 0.6 is 0 Å². The van der Waals surface area contributed by atoms with Gasteiger partial charge in [-0.3, -0.25) is 0 Å². The van der Waals surface area contributed by atoms with Gasteiger partial charge in [-0.25, -0.2) is 18.7 Å². The molecule has 1 aromatic carbocycles. The lowest BCUT2D eigenvalue weighted by molar-refractivity contribution is 0.126. The molecule has 1 atom stereocenters. The Morgan fingerprint density at radius 1 is 0.714 bits per heavy atom. The fourth-order valence-electron chi connectivity index (χ4n) is 6.54. The zero-order valence-electron chi connectivity index (χ0n) is 26.4. The maximum Gasteiger partial charge on any atom is 0.170 e. The molecule has 2 aliphatic rings. The van der Waals surface area contributed by atoms with Gasteiger partial charge < -0.3 is 4.74 Å². The second kappa shape index (κ2) is 18.7. The van der Waals surface area contributed by atoms with Crippen LogP contribution in [0.15, 0.2) is 18.5 Å². The first-order chi connectivity index (χ1) is 20.7. The average molecular weight is 583 g/mol. The first kappa shape index (κ1) is 33.0. The van der Waals surface area contributed by atoms with E-state index >= 15 is 8.78 Å². The Kier molecular flexibility index (Phi) is 14.7. The third-order valence-electron chi connectivity index (χ3n) is 9.48. The molecule has 0 aliphatic heterocycles. The first-order valence-electron chi connectivity index (χ1n) is 17.5. The third-order valence-corrected chi connectivity index (χ3v) is 9.48. The normalized spacial score (nSPS) is 16.6. The number of unbranched alkanes of at least 4 members (excludes halogenated alkanes) is 11. The summed E-state index contributed by atoms with van der Waals surface area (Å²) in [5.41, 5.74) is 2.76. The molecule has 3 nitrogen and oxygen atoms in total. The van der Waals surface area contributed by atoms with Crippen LogP contribution in [0.1, 0.15) is 146 Å². The van der Waals surface area contributed by atoms with Gasteiger partial charge in [-0.2, -0.15) is 0 Å². The minimum Gasteiger partial charge on any atom is -0.381 e. The van der Waals surface area contributed by atoms with Crippen molar-refractivity contribution in [1.82, 2.24) is 9.97 Å². The summed E-state index contributed by atoms with van der Waals surface area (Å²) in [7, 11) is 0. The van der Waals surface area contributed by atoms with Crippen LogP contribution in [-0.2, 0) is 24.0 Å². The van der Waals surface area contributed by atoms with Gasteiger partial charge in [0.05, 0.1) is 5.56 Å². The molecule has 42 heavy (non-hydrogen) atoms. The van der Waals surface area contributed by atoms with Crippen molar-refractivity contribution in [3.63, 3.8) is 0 Å². The predicted octanol–water partition coefficient (Wildman–Crippen LogP) is 10.8. The number of aromatic nitrogens is 2. The molecule has 5 heteroatoms. The van der Waals surface area contributed by atoms with E-state index in [-0.39, 0.29) is 11.4 Å². The van der Waals surface area contributed by atoms with Gasteiger partial charge in [0, 0.05) is 25.6 Å². The highest BCUT2D eigenvalue weighted by molar-refractivity contribution is 5.59. The van der Waals surface area contributed by atoms with Crippen molar-refractivity contribution in [1.29, 1.82) is 0 Å². The molecule has 0 bridgehead atoms. The van der Waals surface area contributed by atoms with Crippen LogP contribution in [0.25, 0.3) is 11.4 Å². The fraction of sp³-hybridized carbons (Fsp3) is 0.730. The van der Waals surface area contributed by atoms with E-state index in [1.54, 1.807) is 12.4 Å². The third kappa shape index (κ3) is 11.3. The van der Waals surface area contributed by atoms with E-state index in [9.17, 15) is 0 Å². The van der Waals surface area contributed by atoms with E-state index in [4.69, 9.17) is 4.74 Å². The molecule has 0 N–H and O–H groups in total. The molecule has 0 radical (unpaired) electrons. The number of benzene rings is 1. The summed E-state index contributed by atoms with van der Waals surface area (Å²) < 4.78 is 36.2. The van der Waals surface area contributed by atoms with Crippen LogP contribution in [0.4, 0.5) is 8.78 Å². The summed E-state index contributed by atoms with van der Waals surface area (Å²) in [5, 5.41) is 0. The van der Waals surface area contributed by atoms with E-state index in [1.807, 2.05) is 6.07 Å². The highest BCUT2D eigenvalue weighted by Gasteiger charge is 2.26. The molecule has 2 aromatic rings. The summed E-state index contributed by atoms with van der Waals surface area (Å²) in [6, 6.07) is 1.81. The summed E-state index contributed by atoms with van der Waals surface area (Å²) in [5.74, 6) is 0.334. The van der Waals surface area contributed by atoms with Gasteiger partial charge in [0.15, 0.2) is 17.5 Å². The number of hydrogen-bond acceptors (Lipinski definition) is 3. The largest absolute Gasteiger partial charge is 0.381 e. The van der Waals surface area contributed by atoms with Crippen LogP contribution in [0.2, 0.25) is 0 Å². The minimum atomic E-state index is -0.793. The SMILES string of the molecule is CCCCCCOCCCCCc1cnc(-c2cc3c(c(F)c2F)CC(CCCCCCCCCC2CC2)CC3)nc1. The van der Waals surface area contributed by atoms with Crippen molar-refractivity contribution < 1.29 is 13.5 Å². The van der Waals surface area contributed by atoms with E-state index in [1.165, 1.54) is 83.5 Å². The number of aryl methyl sites for hydroxylation is 2. The number of halogens is 2. The number of hydrogen-bond donors (Lipinski definition) is 0. The molecule has 4 rings (SSSR count). The van der Waals surface area contributed by atoms with Crippen molar-refractivity contribution in [2.24, 2.45) is 11.8 Å². The molecule has 234 valence electrons. The molecule has 1 unspecified atom stereocenters. The lowest BCUT2D eigenvalue weighted by Gasteiger charge is -2.26. The second-order valence-corrected chi connectivity index (χ2v) is 13.2. The van der Waals surface area contributed by atoms with Crippen molar-refractivity contribution >= 4 is 0 Å². The van der Waals surface area contributed by atoms with Gasteiger partial charge in [0.1, 0.15) is 0 Å². The standard InChI is InChI=1S/C37H56F2N2O/c1-2-3-4-14-23-42-24-15-10-13-18-31-27-40-37(41-28-31)34-26-32-22-21-30(25-33(32)35(38)36(34)39)17-12-9-7-5-6-8-11-16-29-19-20-29/h26-30H,2-25H2,1H3. The minimum absolute atomic E-state index is 0.199. The van der Waals surface area contributed by atoms with Crippen LogP contribution < -0.4 is 0 Å². The average Bonchev–Trinajstić information content (AvgIpc) is 3.84. The summed E-state index contributed by atoms with van der Waals surface area (Å²) >= 11 is 0. The monoisotopic (exact) mass is 582 g/mol. The van der Waals surface area contributed by atoms with Crippen molar-refractivity contribution in [3.05, 3.63) is 46.8 Å². The van der Waals surface area contributed by atoms with Crippen molar-refractivity contribution in [3.8, 4) is 11.4 Å². The molecule has 0 saturated heterocycles. The highest BCUT2D eigenvalue weighted by atomic mass is 19.2. The Morgan fingerprint density at radius 3 is 2.00 bits per heavy atom. The van der Waals surface area contributed by atoms with Gasteiger partial charge in [-0.05, 0) is 79.5 Å². The quantitative estimate of drug-likeness (QED) is 0.130. The molecule has 1 saturated carbocycles. The Balaban J connectivity index is 1.14. The van der Waals surface area contributed by atoms with Crippen LogP contribution in [0.3, 0.4) is 0 Å². The molecular formula is C37H56F2N2O. The number of ether oxygens (including phenoxy) is 1. The lowest BCUT2D eigenvalue weighted by atomic mass is 9.80. The van der Waals surface area contributed by atoms with E-state index in [2.05, 4.69) is 16.9 Å². The van der Waals surface area contributed by atoms with Gasteiger partial charge in [0.25, 0.3) is 0 Å². The maximum atomic E-state index is 15.3. The Bertz CT molecular complexity index is 1040. The van der Waals surface area contributed by atoms with Gasteiger partial charge >= 0.3 is 0 Å². The maximum absolute atomic E-state index is 15.3. The predicted molar refractivity (Wildman–Crippen MR) is 170 cm³/mol. The molecule has 0 spiro atoms. The summed E-state index contributed by atoms with van der Waals surface area (Å²) in [4.78, 5) is 8.86. The Morgan fingerprint density at radius 2 is 1.33 bits per heavy atom. The van der Waals surface area contributed by atoms with E-state index in [0.29, 0.717) is 17.9 Å². The van der Waals surface area contributed by atoms with E-state index < -0.39 is 11.6 Å². The fourth-order valence-corrected chi connectivity index (χ4v) is 6.54. The molecular weight excluding hydrogens is 526 g/mol.